The Kier molecular flexibility index (Phi) is 3.57. The third-order valence-electron chi connectivity index (χ3n) is 4.34. The second kappa shape index (κ2) is 5.37. The van der Waals surface area contributed by atoms with E-state index in [0.717, 1.165) is 24.3 Å². The fraction of sp³-hybridized carbons (Fsp3) is 0.500. The van der Waals surface area contributed by atoms with Crippen molar-refractivity contribution in [3.63, 3.8) is 0 Å². The monoisotopic (exact) mass is 271 g/mol. The lowest BCUT2D eigenvalue weighted by molar-refractivity contribution is 0.250. The molecule has 0 aliphatic heterocycles. The molecule has 0 amide bonds. The third kappa shape index (κ3) is 2.48. The van der Waals surface area contributed by atoms with Gasteiger partial charge in [-0.3, -0.25) is 0 Å². The van der Waals surface area contributed by atoms with Crippen LogP contribution in [0, 0.1) is 0 Å². The summed E-state index contributed by atoms with van der Waals surface area (Å²) in [5, 5.41) is 8.43. The molecule has 1 saturated carbocycles. The van der Waals surface area contributed by atoms with Crippen molar-refractivity contribution in [3.05, 3.63) is 47.7 Å². The Morgan fingerprint density at radius 3 is 2.50 bits per heavy atom. The van der Waals surface area contributed by atoms with Crippen LogP contribution in [0.2, 0.25) is 0 Å². The molecule has 1 aliphatic rings. The number of hydrogen-bond donors (Lipinski definition) is 1. The molecule has 4 heteroatoms. The summed E-state index contributed by atoms with van der Waals surface area (Å²) in [6.45, 7) is 2.22. The van der Waals surface area contributed by atoms with Crippen LogP contribution in [0.5, 0.6) is 0 Å². The molecular formula is C16H21N3O. The average molecular weight is 271 g/mol. The number of hydrogen-bond acceptors (Lipinski definition) is 4. The molecule has 106 valence electrons. The largest absolute Gasteiger partial charge is 0.423 e. The van der Waals surface area contributed by atoms with E-state index in [-0.39, 0.29) is 11.5 Å². The van der Waals surface area contributed by atoms with Crippen LogP contribution in [0.1, 0.15) is 62.4 Å². The van der Waals surface area contributed by atoms with E-state index in [2.05, 4.69) is 17.1 Å². The van der Waals surface area contributed by atoms with Gasteiger partial charge >= 0.3 is 0 Å². The van der Waals surface area contributed by atoms with Gasteiger partial charge in [0.1, 0.15) is 6.04 Å². The van der Waals surface area contributed by atoms with Gasteiger partial charge in [-0.05, 0) is 18.4 Å². The summed E-state index contributed by atoms with van der Waals surface area (Å²) >= 11 is 0. The maximum absolute atomic E-state index is 6.21. The third-order valence-corrected chi connectivity index (χ3v) is 4.34. The van der Waals surface area contributed by atoms with Crippen LogP contribution >= 0.6 is 0 Å². The maximum atomic E-state index is 6.21. The first-order valence-electron chi connectivity index (χ1n) is 7.33. The van der Waals surface area contributed by atoms with Crippen molar-refractivity contribution in [2.75, 3.05) is 0 Å². The summed E-state index contributed by atoms with van der Waals surface area (Å²) in [6, 6.07) is 9.53. The minimum atomic E-state index is -0.343. The van der Waals surface area contributed by atoms with E-state index in [0.29, 0.717) is 5.89 Å². The summed E-state index contributed by atoms with van der Waals surface area (Å²) in [5.74, 6) is 1.26. The number of benzene rings is 1. The van der Waals surface area contributed by atoms with Gasteiger partial charge in [0.25, 0.3) is 0 Å². The first kappa shape index (κ1) is 13.3. The first-order chi connectivity index (χ1) is 9.69. The van der Waals surface area contributed by atoms with Crippen LogP contribution in [0.4, 0.5) is 0 Å². The van der Waals surface area contributed by atoms with Gasteiger partial charge in [-0.15, -0.1) is 10.2 Å². The number of rotatable bonds is 3. The zero-order chi connectivity index (χ0) is 14.0. The van der Waals surface area contributed by atoms with Gasteiger partial charge in [0.15, 0.2) is 0 Å². The molecule has 1 heterocycles. The molecular weight excluding hydrogens is 250 g/mol. The van der Waals surface area contributed by atoms with Crippen LogP contribution in [0.3, 0.4) is 0 Å². The summed E-state index contributed by atoms with van der Waals surface area (Å²) < 4.78 is 5.90. The van der Waals surface area contributed by atoms with Gasteiger partial charge in [0.05, 0.1) is 0 Å². The van der Waals surface area contributed by atoms with E-state index in [9.17, 15) is 0 Å². The highest BCUT2D eigenvalue weighted by molar-refractivity contribution is 5.23. The topological polar surface area (TPSA) is 64.9 Å². The molecule has 1 fully saturated rings. The Bertz CT molecular complexity index is 558. The van der Waals surface area contributed by atoms with Gasteiger partial charge < -0.3 is 10.2 Å². The lowest BCUT2D eigenvalue weighted by Gasteiger charge is -2.29. The van der Waals surface area contributed by atoms with Gasteiger partial charge in [-0.25, -0.2) is 0 Å². The maximum Gasteiger partial charge on any atom is 0.237 e. The SMILES string of the molecule is CC1(c2nnc(C(N)c3ccccc3)o2)CCCCC1. The molecule has 3 rings (SSSR count). The first-order valence-corrected chi connectivity index (χ1v) is 7.33. The van der Waals surface area contributed by atoms with Crippen molar-refractivity contribution in [2.45, 2.75) is 50.5 Å². The lowest BCUT2D eigenvalue weighted by atomic mass is 9.76. The van der Waals surface area contributed by atoms with Crippen molar-refractivity contribution in [2.24, 2.45) is 5.73 Å². The number of nitrogens with two attached hydrogens (primary N) is 1. The van der Waals surface area contributed by atoms with Gasteiger partial charge in [-0.2, -0.15) is 0 Å². The second-order valence-corrected chi connectivity index (χ2v) is 5.96. The van der Waals surface area contributed by atoms with Crippen LogP contribution in [0.15, 0.2) is 34.7 Å². The highest BCUT2D eigenvalue weighted by Gasteiger charge is 2.34. The molecule has 0 saturated heterocycles. The number of nitrogens with zero attached hydrogens (tertiary/aromatic N) is 2. The molecule has 0 radical (unpaired) electrons. The standard InChI is InChI=1S/C16H21N3O/c1-16(10-6-3-7-11-16)15-19-18-14(20-15)13(17)12-8-4-2-5-9-12/h2,4-5,8-9,13H,3,6-7,10-11,17H2,1H3. The van der Waals surface area contributed by atoms with E-state index < -0.39 is 0 Å². The molecule has 1 aliphatic carbocycles. The van der Waals surface area contributed by atoms with Crippen molar-refractivity contribution < 1.29 is 4.42 Å². The zero-order valence-electron chi connectivity index (χ0n) is 11.9. The van der Waals surface area contributed by atoms with Gasteiger partial charge in [0.2, 0.25) is 11.8 Å². The molecule has 1 atom stereocenters. The predicted molar refractivity (Wildman–Crippen MR) is 77.2 cm³/mol. The van der Waals surface area contributed by atoms with Crippen LogP contribution in [0.25, 0.3) is 0 Å². The van der Waals surface area contributed by atoms with Crippen LogP contribution in [-0.4, -0.2) is 10.2 Å². The molecule has 1 aromatic carbocycles. The summed E-state index contributed by atoms with van der Waals surface area (Å²) in [7, 11) is 0. The molecule has 2 N–H and O–H groups in total. The quantitative estimate of drug-likeness (QED) is 0.929. The van der Waals surface area contributed by atoms with E-state index in [1.807, 2.05) is 30.3 Å². The van der Waals surface area contributed by atoms with Crippen LogP contribution in [-0.2, 0) is 5.41 Å². The van der Waals surface area contributed by atoms with Crippen molar-refractivity contribution in [1.29, 1.82) is 0 Å². The number of aromatic nitrogens is 2. The van der Waals surface area contributed by atoms with E-state index in [4.69, 9.17) is 10.2 Å². The van der Waals surface area contributed by atoms with Crippen molar-refractivity contribution in [1.82, 2.24) is 10.2 Å². The second-order valence-electron chi connectivity index (χ2n) is 5.96. The van der Waals surface area contributed by atoms with Gasteiger partial charge in [0, 0.05) is 5.41 Å². The molecule has 1 aromatic heterocycles. The minimum absolute atomic E-state index is 0.0277. The highest BCUT2D eigenvalue weighted by Crippen LogP contribution is 2.38. The fourth-order valence-corrected chi connectivity index (χ4v) is 2.95. The van der Waals surface area contributed by atoms with Crippen LogP contribution < -0.4 is 5.73 Å². The Hall–Kier alpha value is -1.68. The molecule has 1 unspecified atom stereocenters. The molecule has 0 spiro atoms. The molecule has 4 nitrogen and oxygen atoms in total. The van der Waals surface area contributed by atoms with Gasteiger partial charge in [-0.1, -0.05) is 56.5 Å². The predicted octanol–water partition coefficient (Wildman–Crippen LogP) is 3.34. The molecule has 20 heavy (non-hydrogen) atoms. The lowest BCUT2D eigenvalue weighted by Crippen LogP contribution is -2.25. The Balaban J connectivity index is 1.83. The summed E-state index contributed by atoms with van der Waals surface area (Å²) in [5.41, 5.74) is 7.23. The average Bonchev–Trinajstić information content (AvgIpc) is 2.99. The summed E-state index contributed by atoms with van der Waals surface area (Å²) in [4.78, 5) is 0. The van der Waals surface area contributed by atoms with E-state index in [1.54, 1.807) is 0 Å². The Labute approximate surface area is 119 Å². The normalized spacial score (nSPS) is 19.7. The Morgan fingerprint density at radius 2 is 1.80 bits per heavy atom. The molecule has 2 aromatic rings. The fourth-order valence-electron chi connectivity index (χ4n) is 2.95. The van der Waals surface area contributed by atoms with E-state index in [1.165, 1.54) is 19.3 Å². The summed E-state index contributed by atoms with van der Waals surface area (Å²) in [6.07, 6.45) is 6.02. The minimum Gasteiger partial charge on any atom is -0.423 e. The zero-order valence-corrected chi connectivity index (χ0v) is 11.9. The molecule has 0 bridgehead atoms. The van der Waals surface area contributed by atoms with Crippen molar-refractivity contribution in [3.8, 4) is 0 Å². The van der Waals surface area contributed by atoms with E-state index >= 15 is 0 Å². The highest BCUT2D eigenvalue weighted by atomic mass is 16.4. The smallest absolute Gasteiger partial charge is 0.237 e. The Morgan fingerprint density at radius 1 is 1.10 bits per heavy atom. The van der Waals surface area contributed by atoms with Crippen molar-refractivity contribution >= 4 is 0 Å².